The quantitative estimate of drug-likeness (QED) is 0.926. The van der Waals surface area contributed by atoms with Gasteiger partial charge in [-0.3, -0.25) is 4.79 Å². The summed E-state index contributed by atoms with van der Waals surface area (Å²) in [4.78, 5) is 14.6. The molecule has 1 aliphatic rings. The van der Waals surface area contributed by atoms with Crippen molar-refractivity contribution >= 4 is 5.91 Å². The molecule has 2 unspecified atom stereocenters. The monoisotopic (exact) mass is 345 g/mol. The molecule has 1 aliphatic heterocycles. The van der Waals surface area contributed by atoms with Crippen molar-refractivity contribution in [3.63, 3.8) is 0 Å². The topological polar surface area (TPSA) is 59.0 Å². The molecule has 1 amide bonds. The zero-order chi connectivity index (χ0) is 18.0. The zero-order valence-electron chi connectivity index (χ0n) is 14.1. The molecule has 0 bridgehead atoms. The summed E-state index contributed by atoms with van der Waals surface area (Å²) >= 11 is 0. The maximum atomic E-state index is 13.2. The van der Waals surface area contributed by atoms with Crippen LogP contribution < -0.4 is 9.47 Å². The number of β-amino-alcohol motifs (C(OH)–C–C–N with tert-alkyl or cyclic N) is 1. The van der Waals surface area contributed by atoms with Gasteiger partial charge in [0.15, 0.2) is 0 Å². The van der Waals surface area contributed by atoms with Gasteiger partial charge in [-0.05, 0) is 36.2 Å². The van der Waals surface area contributed by atoms with Gasteiger partial charge in [0.25, 0.3) is 5.91 Å². The van der Waals surface area contributed by atoms with Gasteiger partial charge in [0.05, 0.1) is 31.9 Å². The summed E-state index contributed by atoms with van der Waals surface area (Å²) in [7, 11) is 3.03. The molecule has 1 fully saturated rings. The number of methoxy groups -OCH3 is 2. The number of hydrogen-bond acceptors (Lipinski definition) is 4. The lowest BCUT2D eigenvalue weighted by molar-refractivity contribution is 0.0712. The summed E-state index contributed by atoms with van der Waals surface area (Å²) in [5.41, 5.74) is 1.18. The standard InChI is InChI=1S/C19H20FNO4/c1-24-15-7-8-16(18(10-15)25-2)19(23)21-11-14(22)9-17(21)12-3-5-13(20)6-4-12/h3-8,10,14,17,22H,9,11H2,1-2H3. The highest BCUT2D eigenvalue weighted by molar-refractivity contribution is 5.97. The Hall–Kier alpha value is -2.60. The molecule has 0 aliphatic carbocycles. The van der Waals surface area contributed by atoms with Crippen LogP contribution in [0.5, 0.6) is 11.5 Å². The molecular weight excluding hydrogens is 325 g/mol. The first-order chi connectivity index (χ1) is 12.0. The third kappa shape index (κ3) is 3.44. The Morgan fingerprint density at radius 1 is 1.16 bits per heavy atom. The van der Waals surface area contributed by atoms with E-state index in [0.717, 1.165) is 5.56 Å². The first kappa shape index (κ1) is 17.2. The van der Waals surface area contributed by atoms with Crippen molar-refractivity contribution in [1.29, 1.82) is 0 Å². The van der Waals surface area contributed by atoms with E-state index in [2.05, 4.69) is 0 Å². The van der Waals surface area contributed by atoms with E-state index in [9.17, 15) is 14.3 Å². The fourth-order valence-electron chi connectivity index (χ4n) is 3.17. The molecule has 0 radical (unpaired) electrons. The van der Waals surface area contributed by atoms with Crippen molar-refractivity contribution in [1.82, 2.24) is 4.90 Å². The molecule has 1 heterocycles. The van der Waals surface area contributed by atoms with E-state index < -0.39 is 6.10 Å². The lowest BCUT2D eigenvalue weighted by Crippen LogP contribution is -2.32. The minimum absolute atomic E-state index is 0.218. The zero-order valence-corrected chi connectivity index (χ0v) is 14.1. The Morgan fingerprint density at radius 2 is 1.88 bits per heavy atom. The highest BCUT2D eigenvalue weighted by atomic mass is 19.1. The van der Waals surface area contributed by atoms with Gasteiger partial charge in [0.1, 0.15) is 17.3 Å². The van der Waals surface area contributed by atoms with Crippen molar-refractivity contribution in [2.45, 2.75) is 18.6 Å². The summed E-state index contributed by atoms with van der Waals surface area (Å²) in [5, 5.41) is 10.1. The fraction of sp³-hybridized carbons (Fsp3) is 0.316. The average Bonchev–Trinajstić information content (AvgIpc) is 3.02. The van der Waals surface area contributed by atoms with Gasteiger partial charge in [0, 0.05) is 12.6 Å². The van der Waals surface area contributed by atoms with Gasteiger partial charge in [-0.2, -0.15) is 0 Å². The van der Waals surface area contributed by atoms with E-state index in [1.807, 2.05) is 0 Å². The number of rotatable bonds is 4. The lowest BCUT2D eigenvalue weighted by Gasteiger charge is -2.25. The predicted octanol–water partition coefficient (Wildman–Crippen LogP) is 2.79. The number of nitrogens with zero attached hydrogens (tertiary/aromatic N) is 1. The van der Waals surface area contributed by atoms with Crippen LogP contribution in [0.4, 0.5) is 4.39 Å². The van der Waals surface area contributed by atoms with Gasteiger partial charge in [-0.25, -0.2) is 4.39 Å². The lowest BCUT2D eigenvalue weighted by atomic mass is 10.0. The fourth-order valence-corrected chi connectivity index (χ4v) is 3.17. The second-order valence-corrected chi connectivity index (χ2v) is 5.98. The SMILES string of the molecule is COc1ccc(C(=O)N2CC(O)CC2c2ccc(F)cc2)c(OC)c1. The van der Waals surface area contributed by atoms with E-state index in [-0.39, 0.29) is 24.3 Å². The molecule has 2 atom stereocenters. The smallest absolute Gasteiger partial charge is 0.258 e. The van der Waals surface area contributed by atoms with Crippen LogP contribution in [0, 0.1) is 5.82 Å². The molecule has 0 aromatic heterocycles. The Morgan fingerprint density at radius 3 is 2.52 bits per heavy atom. The van der Waals surface area contributed by atoms with Crippen LogP contribution >= 0.6 is 0 Å². The molecule has 5 nitrogen and oxygen atoms in total. The molecule has 2 aromatic rings. The minimum atomic E-state index is -0.622. The second kappa shape index (κ2) is 7.11. The first-order valence-electron chi connectivity index (χ1n) is 8.00. The molecule has 6 heteroatoms. The number of carbonyl (C=O) groups excluding carboxylic acids is 1. The Kier molecular flexibility index (Phi) is 4.90. The van der Waals surface area contributed by atoms with Crippen LogP contribution in [0.1, 0.15) is 28.4 Å². The van der Waals surface area contributed by atoms with Crippen molar-refractivity contribution in [3.8, 4) is 11.5 Å². The Balaban J connectivity index is 1.93. The number of likely N-dealkylation sites (tertiary alicyclic amines) is 1. The number of carbonyl (C=O) groups is 1. The summed E-state index contributed by atoms with van der Waals surface area (Å²) in [5.74, 6) is 0.413. The summed E-state index contributed by atoms with van der Waals surface area (Å²) < 4.78 is 23.7. The second-order valence-electron chi connectivity index (χ2n) is 5.98. The predicted molar refractivity (Wildman–Crippen MR) is 90.3 cm³/mol. The van der Waals surface area contributed by atoms with Crippen LogP contribution in [-0.2, 0) is 0 Å². The molecule has 3 rings (SSSR count). The Bertz CT molecular complexity index is 763. The van der Waals surface area contributed by atoms with Crippen molar-refractivity contribution in [2.24, 2.45) is 0 Å². The summed E-state index contributed by atoms with van der Waals surface area (Å²) in [6, 6.07) is 10.7. The van der Waals surface area contributed by atoms with Gasteiger partial charge >= 0.3 is 0 Å². The highest BCUT2D eigenvalue weighted by Gasteiger charge is 2.36. The number of ether oxygens (including phenoxy) is 2. The van der Waals surface area contributed by atoms with Gasteiger partial charge in [0.2, 0.25) is 0 Å². The molecule has 2 aromatic carbocycles. The number of halogens is 1. The number of aliphatic hydroxyl groups is 1. The summed E-state index contributed by atoms with van der Waals surface area (Å²) in [6.45, 7) is 0.218. The first-order valence-corrected chi connectivity index (χ1v) is 8.00. The van der Waals surface area contributed by atoms with E-state index in [4.69, 9.17) is 9.47 Å². The van der Waals surface area contributed by atoms with E-state index in [0.29, 0.717) is 23.5 Å². The van der Waals surface area contributed by atoms with Crippen molar-refractivity contribution in [2.75, 3.05) is 20.8 Å². The number of benzene rings is 2. The van der Waals surface area contributed by atoms with Crippen molar-refractivity contribution in [3.05, 3.63) is 59.4 Å². The Labute approximate surface area is 145 Å². The van der Waals surface area contributed by atoms with E-state index >= 15 is 0 Å². The van der Waals surface area contributed by atoms with Gasteiger partial charge in [-0.15, -0.1) is 0 Å². The normalized spacial score (nSPS) is 19.8. The number of hydrogen-bond donors (Lipinski definition) is 1. The van der Waals surface area contributed by atoms with E-state index in [1.165, 1.54) is 26.4 Å². The molecule has 0 saturated carbocycles. The van der Waals surface area contributed by atoms with E-state index in [1.54, 1.807) is 35.2 Å². The average molecular weight is 345 g/mol. The maximum absolute atomic E-state index is 13.2. The van der Waals surface area contributed by atoms with Crippen LogP contribution in [0.15, 0.2) is 42.5 Å². The highest BCUT2D eigenvalue weighted by Crippen LogP contribution is 2.35. The molecule has 0 spiro atoms. The molecule has 25 heavy (non-hydrogen) atoms. The van der Waals surface area contributed by atoms with Crippen LogP contribution in [0.3, 0.4) is 0 Å². The molecule has 1 saturated heterocycles. The number of aliphatic hydroxyl groups excluding tert-OH is 1. The molecule has 132 valence electrons. The largest absolute Gasteiger partial charge is 0.497 e. The number of amides is 1. The van der Waals surface area contributed by atoms with Crippen molar-refractivity contribution < 1.29 is 23.8 Å². The van der Waals surface area contributed by atoms with Gasteiger partial charge in [-0.1, -0.05) is 12.1 Å². The molecular formula is C19H20FNO4. The third-order valence-corrected chi connectivity index (χ3v) is 4.43. The van der Waals surface area contributed by atoms with Crippen LogP contribution in [0.2, 0.25) is 0 Å². The van der Waals surface area contributed by atoms with Crippen LogP contribution in [0.25, 0.3) is 0 Å². The summed E-state index contributed by atoms with van der Waals surface area (Å²) in [6.07, 6.45) is -0.209. The molecule has 1 N–H and O–H groups in total. The minimum Gasteiger partial charge on any atom is -0.497 e. The van der Waals surface area contributed by atoms with Crippen LogP contribution in [-0.4, -0.2) is 42.8 Å². The van der Waals surface area contributed by atoms with Gasteiger partial charge < -0.3 is 19.5 Å². The maximum Gasteiger partial charge on any atom is 0.258 e. The third-order valence-electron chi connectivity index (χ3n) is 4.43.